The highest BCUT2D eigenvalue weighted by atomic mass is 19.4. The first kappa shape index (κ1) is 18.8. The lowest BCUT2D eigenvalue weighted by Crippen LogP contribution is -2.64. The molecule has 2 aliphatic heterocycles. The Morgan fingerprint density at radius 1 is 1.25 bits per heavy atom. The number of carbonyl (C=O) groups is 3. The Morgan fingerprint density at radius 2 is 1.93 bits per heavy atom. The Kier molecular flexibility index (Phi) is 4.17. The van der Waals surface area contributed by atoms with Gasteiger partial charge in [0.15, 0.2) is 0 Å². The van der Waals surface area contributed by atoms with Crippen LogP contribution in [-0.2, 0) is 9.59 Å². The summed E-state index contributed by atoms with van der Waals surface area (Å²) in [5.41, 5.74) is -0.307. The molecule has 1 saturated carbocycles. The van der Waals surface area contributed by atoms with Gasteiger partial charge in [0.05, 0.1) is 11.3 Å². The maximum Gasteiger partial charge on any atom is 0.406 e. The van der Waals surface area contributed by atoms with Crippen LogP contribution in [0.3, 0.4) is 0 Å². The van der Waals surface area contributed by atoms with Gasteiger partial charge in [-0.15, -0.1) is 0 Å². The number of nitrogens with zero attached hydrogens (tertiary/aromatic N) is 3. The predicted molar refractivity (Wildman–Crippen MR) is 93.4 cm³/mol. The number of benzene rings is 1. The van der Waals surface area contributed by atoms with E-state index >= 15 is 0 Å². The van der Waals surface area contributed by atoms with Gasteiger partial charge in [-0.1, -0.05) is 12.1 Å². The van der Waals surface area contributed by atoms with Crippen LogP contribution in [0, 0.1) is 0 Å². The standard InChI is InChI=1S/C19H20F3N3O3/c1-18-9-8-15(26)25(18)14-5-3-2-4-13(14)17(28)24(18)10-16(27)23(12-6-7-12)11-19(20,21)22/h2-5,12H,6-11H2,1H3/t18-/m0/s1. The number of alkyl halides is 3. The minimum absolute atomic E-state index is 0.172. The number of rotatable bonds is 4. The maximum atomic E-state index is 13.1. The number of anilines is 1. The van der Waals surface area contributed by atoms with Crippen LogP contribution in [0.1, 0.15) is 43.0 Å². The van der Waals surface area contributed by atoms with Crippen LogP contribution in [0.25, 0.3) is 0 Å². The third kappa shape index (κ3) is 3.02. The molecule has 0 N–H and O–H groups in total. The van der Waals surface area contributed by atoms with Gasteiger partial charge in [-0.05, 0) is 38.3 Å². The van der Waals surface area contributed by atoms with Crippen molar-refractivity contribution in [2.45, 2.75) is 50.5 Å². The molecule has 1 aromatic rings. The molecule has 0 bridgehead atoms. The van der Waals surface area contributed by atoms with E-state index in [0.717, 1.165) is 4.90 Å². The first-order chi connectivity index (χ1) is 13.1. The summed E-state index contributed by atoms with van der Waals surface area (Å²) < 4.78 is 38.8. The molecule has 0 unspecified atom stereocenters. The molecule has 1 atom stereocenters. The smallest absolute Gasteiger partial charge is 0.329 e. The molecule has 1 aromatic carbocycles. The van der Waals surface area contributed by atoms with Gasteiger partial charge in [-0.3, -0.25) is 19.3 Å². The monoisotopic (exact) mass is 395 g/mol. The molecule has 150 valence electrons. The number of amides is 3. The summed E-state index contributed by atoms with van der Waals surface area (Å²) >= 11 is 0. The normalized spacial score (nSPS) is 24.3. The summed E-state index contributed by atoms with van der Waals surface area (Å²) in [6, 6.07) is 6.18. The van der Waals surface area contributed by atoms with Crippen molar-refractivity contribution in [1.29, 1.82) is 0 Å². The van der Waals surface area contributed by atoms with Crippen molar-refractivity contribution in [1.82, 2.24) is 9.80 Å². The fourth-order valence-corrected chi connectivity index (χ4v) is 4.17. The quantitative estimate of drug-likeness (QED) is 0.787. The van der Waals surface area contributed by atoms with E-state index in [1.807, 2.05) is 0 Å². The van der Waals surface area contributed by atoms with Crippen LogP contribution in [0.2, 0.25) is 0 Å². The molecule has 6 nitrogen and oxygen atoms in total. The van der Waals surface area contributed by atoms with E-state index in [1.165, 1.54) is 9.80 Å². The fourth-order valence-electron chi connectivity index (χ4n) is 4.17. The van der Waals surface area contributed by atoms with Gasteiger partial charge in [0.1, 0.15) is 18.8 Å². The highest BCUT2D eigenvalue weighted by molar-refractivity contribution is 6.11. The molecule has 4 rings (SSSR count). The van der Waals surface area contributed by atoms with Crippen LogP contribution >= 0.6 is 0 Å². The second-order valence-corrected chi connectivity index (χ2v) is 7.72. The zero-order valence-electron chi connectivity index (χ0n) is 15.3. The summed E-state index contributed by atoms with van der Waals surface area (Å²) in [4.78, 5) is 41.9. The average Bonchev–Trinajstić information content (AvgIpc) is 3.41. The minimum Gasteiger partial charge on any atom is -0.329 e. The summed E-state index contributed by atoms with van der Waals surface area (Å²) in [6.07, 6.45) is -2.92. The molecule has 0 spiro atoms. The van der Waals surface area contributed by atoms with Crippen LogP contribution in [0.5, 0.6) is 0 Å². The molecule has 3 amide bonds. The van der Waals surface area contributed by atoms with Crippen molar-refractivity contribution in [3.05, 3.63) is 29.8 Å². The zero-order valence-corrected chi connectivity index (χ0v) is 15.3. The van der Waals surface area contributed by atoms with E-state index in [0.29, 0.717) is 24.9 Å². The number of halogens is 3. The molecule has 0 aromatic heterocycles. The molecule has 1 saturated heterocycles. The van der Waals surface area contributed by atoms with Gasteiger partial charge in [0, 0.05) is 12.5 Å². The fraction of sp³-hybridized carbons (Fsp3) is 0.526. The second kappa shape index (κ2) is 6.22. The lowest BCUT2D eigenvalue weighted by Gasteiger charge is -2.48. The SMILES string of the molecule is C[C@@]12CCC(=O)N1c1ccccc1C(=O)N2CC(=O)N(CC(F)(F)F)C1CC1. The Hall–Kier alpha value is -2.58. The van der Waals surface area contributed by atoms with Gasteiger partial charge in [0.25, 0.3) is 5.91 Å². The summed E-state index contributed by atoms with van der Waals surface area (Å²) in [7, 11) is 0. The first-order valence-electron chi connectivity index (χ1n) is 9.22. The third-order valence-electron chi connectivity index (χ3n) is 5.70. The van der Waals surface area contributed by atoms with E-state index in [1.54, 1.807) is 31.2 Å². The van der Waals surface area contributed by atoms with Crippen LogP contribution in [-0.4, -0.2) is 58.5 Å². The topological polar surface area (TPSA) is 60.9 Å². The molecule has 2 fully saturated rings. The van der Waals surface area contributed by atoms with Gasteiger partial charge in [0.2, 0.25) is 11.8 Å². The number of para-hydroxylation sites is 1. The van der Waals surface area contributed by atoms with Gasteiger partial charge < -0.3 is 9.80 Å². The highest BCUT2D eigenvalue weighted by Gasteiger charge is 2.54. The second-order valence-electron chi connectivity index (χ2n) is 7.72. The minimum atomic E-state index is -4.50. The van der Waals surface area contributed by atoms with Crippen LogP contribution in [0.15, 0.2) is 24.3 Å². The summed E-state index contributed by atoms with van der Waals surface area (Å²) in [5.74, 6) is -1.36. The maximum absolute atomic E-state index is 13.1. The van der Waals surface area contributed by atoms with Crippen molar-refractivity contribution < 1.29 is 27.6 Å². The number of hydrogen-bond donors (Lipinski definition) is 0. The van der Waals surface area contributed by atoms with E-state index < -0.39 is 42.8 Å². The molecule has 1 aliphatic carbocycles. The summed E-state index contributed by atoms with van der Waals surface area (Å²) in [6.45, 7) is -0.126. The molecule has 3 aliphatic rings. The molecule has 2 heterocycles. The Bertz CT molecular complexity index is 852. The van der Waals surface area contributed by atoms with Crippen LogP contribution in [0.4, 0.5) is 18.9 Å². The van der Waals surface area contributed by atoms with Crippen LogP contribution < -0.4 is 4.90 Å². The van der Waals surface area contributed by atoms with Gasteiger partial charge in [-0.2, -0.15) is 13.2 Å². The Morgan fingerprint density at radius 3 is 2.57 bits per heavy atom. The van der Waals surface area contributed by atoms with Crippen molar-refractivity contribution in [2.24, 2.45) is 0 Å². The lowest BCUT2D eigenvalue weighted by molar-refractivity contribution is -0.163. The number of fused-ring (bicyclic) bond motifs is 3. The van der Waals surface area contributed by atoms with Crippen molar-refractivity contribution in [2.75, 3.05) is 18.0 Å². The third-order valence-corrected chi connectivity index (χ3v) is 5.70. The zero-order chi connectivity index (χ0) is 20.3. The van der Waals surface area contributed by atoms with Crippen molar-refractivity contribution in [3.63, 3.8) is 0 Å². The predicted octanol–water partition coefficient (Wildman–Crippen LogP) is 2.54. The van der Waals surface area contributed by atoms with Crippen molar-refractivity contribution in [3.8, 4) is 0 Å². The van der Waals surface area contributed by atoms with E-state index in [2.05, 4.69) is 0 Å². The van der Waals surface area contributed by atoms with Crippen molar-refractivity contribution >= 4 is 23.4 Å². The van der Waals surface area contributed by atoms with Gasteiger partial charge in [-0.25, -0.2) is 0 Å². The molecule has 0 radical (unpaired) electrons. The molecular weight excluding hydrogens is 375 g/mol. The van der Waals surface area contributed by atoms with E-state index in [9.17, 15) is 27.6 Å². The average molecular weight is 395 g/mol. The van der Waals surface area contributed by atoms with E-state index in [-0.39, 0.29) is 17.9 Å². The first-order valence-corrected chi connectivity index (χ1v) is 9.22. The number of carbonyl (C=O) groups excluding carboxylic acids is 3. The highest BCUT2D eigenvalue weighted by Crippen LogP contribution is 2.44. The summed E-state index contributed by atoms with van der Waals surface area (Å²) in [5, 5.41) is 0. The van der Waals surface area contributed by atoms with Gasteiger partial charge >= 0.3 is 6.18 Å². The molecular formula is C19H20F3N3O3. The lowest BCUT2D eigenvalue weighted by atomic mass is 9.98. The Balaban J connectivity index is 1.66. The van der Waals surface area contributed by atoms with E-state index in [4.69, 9.17) is 0 Å². The largest absolute Gasteiger partial charge is 0.406 e. The number of hydrogen-bond acceptors (Lipinski definition) is 3. The molecule has 28 heavy (non-hydrogen) atoms. The molecule has 9 heteroatoms. The Labute approximate surface area is 159 Å².